The van der Waals surface area contributed by atoms with Crippen LogP contribution in [0.15, 0.2) is 6.07 Å². The molecule has 5 nitrogen and oxygen atoms in total. The zero-order chi connectivity index (χ0) is 15.9. The summed E-state index contributed by atoms with van der Waals surface area (Å²) in [6.45, 7) is 14.8. The van der Waals surface area contributed by atoms with Crippen LogP contribution < -0.4 is 10.6 Å². The number of nitrogens with one attached hydrogen (secondary N) is 2. The summed E-state index contributed by atoms with van der Waals surface area (Å²) in [6.07, 6.45) is 1.07. The van der Waals surface area contributed by atoms with Crippen molar-refractivity contribution in [3.8, 4) is 0 Å². The minimum atomic E-state index is -0.214. The fraction of sp³-hybridized carbons (Fsp3) is 0.750. The molecule has 0 aliphatic heterocycles. The molecular formula is C16H30N4O. The summed E-state index contributed by atoms with van der Waals surface area (Å²) in [6, 6.07) is 1.96. The highest BCUT2D eigenvalue weighted by molar-refractivity contribution is 5.48. The second-order valence-electron chi connectivity index (χ2n) is 6.12. The van der Waals surface area contributed by atoms with Crippen LogP contribution in [0.25, 0.3) is 0 Å². The monoisotopic (exact) mass is 294 g/mol. The Labute approximate surface area is 128 Å². The number of aromatic nitrogens is 2. The molecule has 120 valence electrons. The van der Waals surface area contributed by atoms with Gasteiger partial charge >= 0.3 is 0 Å². The quantitative estimate of drug-likeness (QED) is 0.728. The van der Waals surface area contributed by atoms with E-state index >= 15 is 0 Å². The van der Waals surface area contributed by atoms with Crippen LogP contribution >= 0.6 is 0 Å². The first kappa shape index (κ1) is 17.7. The number of nitrogens with zero attached hydrogens (tertiary/aromatic N) is 2. The van der Waals surface area contributed by atoms with E-state index in [0.29, 0.717) is 19.1 Å². The fourth-order valence-electron chi connectivity index (χ4n) is 1.90. The van der Waals surface area contributed by atoms with Gasteiger partial charge in [-0.3, -0.25) is 0 Å². The van der Waals surface area contributed by atoms with Crippen molar-refractivity contribution in [2.75, 3.05) is 30.3 Å². The van der Waals surface area contributed by atoms with E-state index in [1.54, 1.807) is 0 Å². The summed E-state index contributed by atoms with van der Waals surface area (Å²) >= 11 is 0. The molecule has 1 aromatic heterocycles. The van der Waals surface area contributed by atoms with Gasteiger partial charge in [-0.05, 0) is 27.2 Å². The Morgan fingerprint density at radius 2 is 1.76 bits per heavy atom. The van der Waals surface area contributed by atoms with Crippen molar-refractivity contribution >= 4 is 11.6 Å². The minimum absolute atomic E-state index is 0.214. The van der Waals surface area contributed by atoms with Crippen LogP contribution in [-0.4, -0.2) is 35.3 Å². The maximum atomic E-state index is 5.70. The van der Waals surface area contributed by atoms with Crippen molar-refractivity contribution in [1.29, 1.82) is 0 Å². The molecule has 0 aromatic carbocycles. The van der Waals surface area contributed by atoms with E-state index in [-0.39, 0.29) is 5.60 Å². The lowest BCUT2D eigenvalue weighted by atomic mass is 10.1. The van der Waals surface area contributed by atoms with Crippen LogP contribution in [-0.2, 0) is 4.74 Å². The molecular weight excluding hydrogens is 264 g/mol. The Hall–Kier alpha value is -1.36. The first-order valence-corrected chi connectivity index (χ1v) is 7.88. The maximum Gasteiger partial charge on any atom is 0.135 e. The van der Waals surface area contributed by atoms with E-state index in [9.17, 15) is 0 Å². The van der Waals surface area contributed by atoms with Gasteiger partial charge in [0.2, 0.25) is 0 Å². The van der Waals surface area contributed by atoms with Crippen molar-refractivity contribution in [1.82, 2.24) is 9.97 Å². The van der Waals surface area contributed by atoms with E-state index in [0.717, 1.165) is 30.4 Å². The molecule has 0 atom stereocenters. The summed E-state index contributed by atoms with van der Waals surface area (Å²) < 4.78 is 5.70. The van der Waals surface area contributed by atoms with Gasteiger partial charge in [-0.2, -0.15) is 0 Å². The van der Waals surface area contributed by atoms with Crippen molar-refractivity contribution in [2.45, 2.75) is 59.5 Å². The van der Waals surface area contributed by atoms with Crippen molar-refractivity contribution in [2.24, 2.45) is 0 Å². The zero-order valence-corrected chi connectivity index (χ0v) is 14.3. The molecule has 0 unspecified atom stereocenters. The molecule has 1 aromatic rings. The number of hydrogen-bond donors (Lipinski definition) is 2. The van der Waals surface area contributed by atoms with Gasteiger partial charge in [0.05, 0.1) is 5.60 Å². The Morgan fingerprint density at radius 1 is 1.14 bits per heavy atom. The molecule has 0 saturated heterocycles. The molecule has 0 saturated carbocycles. The van der Waals surface area contributed by atoms with Crippen molar-refractivity contribution in [3.63, 3.8) is 0 Å². The lowest BCUT2D eigenvalue weighted by Gasteiger charge is -2.25. The average molecular weight is 294 g/mol. The van der Waals surface area contributed by atoms with E-state index in [2.05, 4.69) is 55.2 Å². The highest BCUT2D eigenvalue weighted by atomic mass is 16.5. The number of ether oxygens (including phenoxy) is 1. The standard InChI is InChI=1S/C16H30N4O/c1-7-9-17-13-10-14(20-15(19-13)12(3)4)18-11-16(5,6)21-8-2/h10,12H,7-9,11H2,1-6H3,(H2,17,18,19,20). The molecule has 0 radical (unpaired) electrons. The van der Waals surface area contributed by atoms with Crippen LogP contribution in [0.5, 0.6) is 0 Å². The van der Waals surface area contributed by atoms with Gasteiger partial charge in [0, 0.05) is 31.7 Å². The summed E-state index contributed by atoms with van der Waals surface area (Å²) in [5.74, 6) is 2.88. The third kappa shape index (κ3) is 6.29. The Bertz CT molecular complexity index is 432. The number of anilines is 2. The highest BCUT2D eigenvalue weighted by Gasteiger charge is 2.18. The van der Waals surface area contributed by atoms with E-state index < -0.39 is 0 Å². The second-order valence-corrected chi connectivity index (χ2v) is 6.12. The van der Waals surface area contributed by atoms with Crippen LogP contribution in [0.3, 0.4) is 0 Å². The molecule has 21 heavy (non-hydrogen) atoms. The predicted octanol–water partition coefficient (Wildman–Crippen LogP) is 3.65. The first-order chi connectivity index (χ1) is 9.88. The normalized spacial score (nSPS) is 11.8. The molecule has 1 rings (SSSR count). The van der Waals surface area contributed by atoms with Crippen molar-refractivity contribution < 1.29 is 4.74 Å². The van der Waals surface area contributed by atoms with Gasteiger partial charge in [-0.25, -0.2) is 9.97 Å². The summed E-state index contributed by atoms with van der Waals surface area (Å²) in [5, 5.41) is 6.70. The second kappa shape index (κ2) is 8.17. The topological polar surface area (TPSA) is 59.1 Å². The van der Waals surface area contributed by atoms with E-state index in [4.69, 9.17) is 4.74 Å². The van der Waals surface area contributed by atoms with Crippen LogP contribution in [0.2, 0.25) is 0 Å². The highest BCUT2D eigenvalue weighted by Crippen LogP contribution is 2.18. The third-order valence-electron chi connectivity index (χ3n) is 3.05. The SMILES string of the molecule is CCCNc1cc(NCC(C)(C)OCC)nc(C(C)C)n1. The fourth-order valence-corrected chi connectivity index (χ4v) is 1.90. The van der Waals surface area contributed by atoms with Gasteiger partial charge in [0.15, 0.2) is 0 Å². The van der Waals surface area contributed by atoms with Gasteiger partial charge in [0.1, 0.15) is 17.5 Å². The van der Waals surface area contributed by atoms with Crippen LogP contribution in [0.4, 0.5) is 11.6 Å². The first-order valence-electron chi connectivity index (χ1n) is 7.88. The molecule has 1 heterocycles. The molecule has 5 heteroatoms. The largest absolute Gasteiger partial charge is 0.374 e. The molecule has 0 aliphatic carbocycles. The predicted molar refractivity (Wildman–Crippen MR) is 89.1 cm³/mol. The summed E-state index contributed by atoms with van der Waals surface area (Å²) in [4.78, 5) is 9.14. The molecule has 0 amide bonds. The molecule has 2 N–H and O–H groups in total. The summed E-state index contributed by atoms with van der Waals surface area (Å²) in [7, 11) is 0. The minimum Gasteiger partial charge on any atom is -0.374 e. The van der Waals surface area contributed by atoms with Crippen LogP contribution in [0.1, 0.15) is 59.7 Å². The Balaban J connectivity index is 2.82. The molecule has 0 bridgehead atoms. The van der Waals surface area contributed by atoms with E-state index in [1.165, 1.54) is 0 Å². The molecule has 0 aliphatic rings. The van der Waals surface area contributed by atoms with Gasteiger partial charge in [0.25, 0.3) is 0 Å². The number of rotatable bonds is 9. The van der Waals surface area contributed by atoms with Gasteiger partial charge < -0.3 is 15.4 Å². The van der Waals surface area contributed by atoms with E-state index in [1.807, 2.05) is 13.0 Å². The summed E-state index contributed by atoms with van der Waals surface area (Å²) in [5.41, 5.74) is -0.214. The van der Waals surface area contributed by atoms with Gasteiger partial charge in [-0.15, -0.1) is 0 Å². The number of hydrogen-bond acceptors (Lipinski definition) is 5. The third-order valence-corrected chi connectivity index (χ3v) is 3.05. The zero-order valence-electron chi connectivity index (χ0n) is 14.3. The van der Waals surface area contributed by atoms with Crippen molar-refractivity contribution in [3.05, 3.63) is 11.9 Å². The maximum absolute atomic E-state index is 5.70. The lowest BCUT2D eigenvalue weighted by molar-refractivity contribution is 0.000637. The Kier molecular flexibility index (Phi) is 6.89. The molecule has 0 spiro atoms. The Morgan fingerprint density at radius 3 is 2.29 bits per heavy atom. The smallest absolute Gasteiger partial charge is 0.135 e. The van der Waals surface area contributed by atoms with Crippen LogP contribution in [0, 0.1) is 0 Å². The average Bonchev–Trinajstić information content (AvgIpc) is 2.43. The van der Waals surface area contributed by atoms with Gasteiger partial charge in [-0.1, -0.05) is 20.8 Å². The molecule has 0 fully saturated rings. The lowest BCUT2D eigenvalue weighted by Crippen LogP contribution is -2.33.